The van der Waals surface area contributed by atoms with Crippen molar-refractivity contribution in [3.8, 4) is 0 Å². The van der Waals surface area contributed by atoms with Crippen molar-refractivity contribution >= 4 is 46.2 Å². The third-order valence-electron chi connectivity index (χ3n) is 3.05. The number of nitrogens with zero attached hydrogens (tertiary/aromatic N) is 1. The minimum Gasteiger partial charge on any atom is -0.351 e. The Morgan fingerprint density at radius 3 is 2.57 bits per heavy atom. The highest BCUT2D eigenvalue weighted by molar-refractivity contribution is 8.26. The van der Waals surface area contributed by atoms with Crippen molar-refractivity contribution in [3.63, 3.8) is 0 Å². The second kappa shape index (κ2) is 7.27. The summed E-state index contributed by atoms with van der Waals surface area (Å²) in [5.41, 5.74) is 0.679. The van der Waals surface area contributed by atoms with Gasteiger partial charge in [-0.25, -0.2) is 0 Å². The molecular weight excluding hydrogens is 328 g/mol. The third-order valence-corrected chi connectivity index (χ3v) is 4.43. The van der Waals surface area contributed by atoms with Gasteiger partial charge in [0.2, 0.25) is 5.91 Å². The van der Waals surface area contributed by atoms with E-state index in [-0.39, 0.29) is 23.8 Å². The standard InChI is InChI=1S/C17H20N2O2S2/c1-17(2,3)18-14(20)9-10-19-15(21)13(23-16(19)22)11-12-7-5-4-6-8-12/h4-8,11H,9-10H2,1-3H3,(H,18,20). The first kappa shape index (κ1) is 17.7. The lowest BCUT2D eigenvalue weighted by Crippen LogP contribution is -2.42. The number of rotatable bonds is 4. The van der Waals surface area contributed by atoms with Crippen LogP contribution >= 0.6 is 24.0 Å². The highest BCUT2D eigenvalue weighted by atomic mass is 32.2. The van der Waals surface area contributed by atoms with E-state index >= 15 is 0 Å². The van der Waals surface area contributed by atoms with Crippen LogP contribution in [-0.4, -0.2) is 33.1 Å². The van der Waals surface area contributed by atoms with E-state index in [0.29, 0.717) is 15.8 Å². The summed E-state index contributed by atoms with van der Waals surface area (Å²) in [5.74, 6) is -0.217. The first-order valence-electron chi connectivity index (χ1n) is 7.38. The van der Waals surface area contributed by atoms with Crippen molar-refractivity contribution < 1.29 is 9.59 Å². The number of nitrogens with one attached hydrogen (secondary N) is 1. The molecule has 0 aliphatic carbocycles. The predicted molar refractivity (Wildman–Crippen MR) is 98.8 cm³/mol. The number of benzene rings is 1. The van der Waals surface area contributed by atoms with E-state index in [1.165, 1.54) is 16.7 Å². The lowest BCUT2D eigenvalue weighted by Gasteiger charge is -2.21. The Hall–Kier alpha value is -1.66. The van der Waals surface area contributed by atoms with Gasteiger partial charge in [0.1, 0.15) is 4.32 Å². The molecule has 0 radical (unpaired) electrons. The molecule has 1 aliphatic rings. The molecule has 1 heterocycles. The lowest BCUT2D eigenvalue weighted by atomic mass is 10.1. The third kappa shape index (κ3) is 5.18. The maximum atomic E-state index is 12.4. The zero-order valence-corrected chi connectivity index (χ0v) is 15.1. The number of thiocarbonyl (C=S) groups is 1. The number of thioether (sulfide) groups is 1. The first-order valence-corrected chi connectivity index (χ1v) is 8.60. The molecule has 0 spiro atoms. The molecular formula is C17H20N2O2S2. The fraction of sp³-hybridized carbons (Fsp3) is 0.353. The zero-order chi connectivity index (χ0) is 17.0. The largest absolute Gasteiger partial charge is 0.351 e. The Morgan fingerprint density at radius 2 is 1.96 bits per heavy atom. The van der Waals surface area contributed by atoms with Gasteiger partial charge in [0.05, 0.1) is 4.91 Å². The molecule has 0 aromatic heterocycles. The van der Waals surface area contributed by atoms with Gasteiger partial charge in [-0.05, 0) is 32.4 Å². The Kier molecular flexibility index (Phi) is 5.59. The molecule has 0 bridgehead atoms. The maximum absolute atomic E-state index is 12.4. The summed E-state index contributed by atoms with van der Waals surface area (Å²) in [7, 11) is 0. The molecule has 122 valence electrons. The lowest BCUT2D eigenvalue weighted by molar-refractivity contribution is -0.124. The summed E-state index contributed by atoms with van der Waals surface area (Å²) in [5, 5.41) is 2.88. The van der Waals surface area contributed by atoms with Crippen LogP contribution in [0.5, 0.6) is 0 Å². The van der Waals surface area contributed by atoms with E-state index in [0.717, 1.165) is 5.56 Å². The fourth-order valence-corrected chi connectivity index (χ4v) is 3.40. The van der Waals surface area contributed by atoms with Crippen molar-refractivity contribution in [2.24, 2.45) is 0 Å². The topological polar surface area (TPSA) is 49.4 Å². The summed E-state index contributed by atoms with van der Waals surface area (Å²) in [6, 6.07) is 9.63. The maximum Gasteiger partial charge on any atom is 0.266 e. The number of hydrogen-bond donors (Lipinski definition) is 1. The molecule has 0 atom stereocenters. The van der Waals surface area contributed by atoms with E-state index in [2.05, 4.69) is 5.32 Å². The van der Waals surface area contributed by atoms with Crippen LogP contribution in [0.25, 0.3) is 6.08 Å². The molecule has 0 unspecified atom stereocenters. The van der Waals surface area contributed by atoms with Crippen LogP contribution in [0.3, 0.4) is 0 Å². The van der Waals surface area contributed by atoms with Gasteiger partial charge in [0, 0.05) is 18.5 Å². The van der Waals surface area contributed by atoms with Gasteiger partial charge in [0.15, 0.2) is 0 Å². The second-order valence-corrected chi connectivity index (χ2v) is 7.97. The van der Waals surface area contributed by atoms with Crippen LogP contribution in [0.2, 0.25) is 0 Å². The Morgan fingerprint density at radius 1 is 1.30 bits per heavy atom. The molecule has 4 nitrogen and oxygen atoms in total. The summed E-state index contributed by atoms with van der Waals surface area (Å²) >= 11 is 6.55. The number of carbonyl (C=O) groups is 2. The molecule has 1 aromatic rings. The van der Waals surface area contributed by atoms with Gasteiger partial charge in [-0.15, -0.1) is 0 Å². The Balaban J connectivity index is 1.99. The second-order valence-electron chi connectivity index (χ2n) is 6.29. The predicted octanol–water partition coefficient (Wildman–Crippen LogP) is 3.19. The Bertz CT molecular complexity index is 648. The molecule has 1 aromatic carbocycles. The average Bonchev–Trinajstić information content (AvgIpc) is 2.71. The summed E-state index contributed by atoms with van der Waals surface area (Å²) in [6.45, 7) is 6.08. The average molecular weight is 348 g/mol. The SMILES string of the molecule is CC(C)(C)NC(=O)CCN1C(=O)C(=Cc2ccccc2)SC1=S. The van der Waals surface area contributed by atoms with E-state index < -0.39 is 0 Å². The minimum absolute atomic E-state index is 0.0846. The smallest absolute Gasteiger partial charge is 0.266 e. The number of amides is 2. The van der Waals surface area contributed by atoms with Crippen LogP contribution in [0.15, 0.2) is 35.2 Å². The highest BCUT2D eigenvalue weighted by Gasteiger charge is 2.32. The van der Waals surface area contributed by atoms with Crippen LogP contribution in [-0.2, 0) is 9.59 Å². The molecule has 2 rings (SSSR count). The first-order chi connectivity index (χ1) is 10.8. The number of hydrogen-bond acceptors (Lipinski definition) is 4. The minimum atomic E-state index is -0.278. The van der Waals surface area contributed by atoms with Crippen molar-refractivity contribution in [3.05, 3.63) is 40.8 Å². The Labute approximate surface area is 146 Å². The molecule has 23 heavy (non-hydrogen) atoms. The van der Waals surface area contributed by atoms with Gasteiger partial charge < -0.3 is 5.32 Å². The van der Waals surface area contributed by atoms with Gasteiger partial charge >= 0.3 is 0 Å². The monoisotopic (exact) mass is 348 g/mol. The fourth-order valence-electron chi connectivity index (χ4n) is 2.09. The van der Waals surface area contributed by atoms with E-state index in [9.17, 15) is 9.59 Å². The molecule has 1 fully saturated rings. The molecule has 2 amide bonds. The van der Waals surface area contributed by atoms with Crippen LogP contribution in [0.4, 0.5) is 0 Å². The zero-order valence-electron chi connectivity index (χ0n) is 13.5. The molecule has 6 heteroatoms. The quantitative estimate of drug-likeness (QED) is 0.671. The van der Waals surface area contributed by atoms with Crippen molar-refractivity contribution in [1.82, 2.24) is 10.2 Å². The van der Waals surface area contributed by atoms with Gasteiger partial charge in [0.25, 0.3) is 5.91 Å². The van der Waals surface area contributed by atoms with E-state index in [1.807, 2.05) is 57.2 Å². The van der Waals surface area contributed by atoms with Gasteiger partial charge in [-0.2, -0.15) is 0 Å². The van der Waals surface area contributed by atoms with Crippen LogP contribution in [0.1, 0.15) is 32.8 Å². The van der Waals surface area contributed by atoms with Crippen LogP contribution < -0.4 is 5.32 Å². The van der Waals surface area contributed by atoms with E-state index in [1.54, 1.807) is 0 Å². The summed E-state index contributed by atoms with van der Waals surface area (Å²) < 4.78 is 0.501. The number of carbonyl (C=O) groups excluding carboxylic acids is 2. The molecule has 0 saturated carbocycles. The summed E-state index contributed by atoms with van der Waals surface area (Å²) in [4.78, 5) is 26.4. The van der Waals surface area contributed by atoms with Gasteiger partial charge in [-0.3, -0.25) is 14.5 Å². The van der Waals surface area contributed by atoms with Gasteiger partial charge in [-0.1, -0.05) is 54.3 Å². The van der Waals surface area contributed by atoms with Crippen molar-refractivity contribution in [2.45, 2.75) is 32.7 Å². The normalized spacial score (nSPS) is 17.0. The highest BCUT2D eigenvalue weighted by Crippen LogP contribution is 2.32. The molecule has 1 aliphatic heterocycles. The van der Waals surface area contributed by atoms with E-state index in [4.69, 9.17) is 12.2 Å². The van der Waals surface area contributed by atoms with Crippen LogP contribution in [0, 0.1) is 0 Å². The molecule has 1 N–H and O–H groups in total. The summed E-state index contributed by atoms with van der Waals surface area (Å²) in [6.07, 6.45) is 2.07. The van der Waals surface area contributed by atoms with Crippen molar-refractivity contribution in [1.29, 1.82) is 0 Å². The molecule has 1 saturated heterocycles. The van der Waals surface area contributed by atoms with Crippen molar-refractivity contribution in [2.75, 3.05) is 6.54 Å².